The van der Waals surface area contributed by atoms with Crippen molar-refractivity contribution >= 4 is 11.9 Å². The van der Waals surface area contributed by atoms with Gasteiger partial charge in [-0.15, -0.1) is 0 Å². The number of benzene rings is 1. The molecule has 1 fully saturated rings. The van der Waals surface area contributed by atoms with Gasteiger partial charge in [-0.25, -0.2) is 14.5 Å². The summed E-state index contributed by atoms with van der Waals surface area (Å²) >= 11 is 0. The third-order valence-electron chi connectivity index (χ3n) is 3.48. The fourth-order valence-corrected chi connectivity index (χ4v) is 2.21. The number of hydrogen-bond acceptors (Lipinski definition) is 6. The minimum absolute atomic E-state index is 0.208. The van der Waals surface area contributed by atoms with Crippen LogP contribution >= 0.6 is 0 Å². The van der Waals surface area contributed by atoms with Crippen molar-refractivity contribution in [2.75, 3.05) is 32.9 Å². The van der Waals surface area contributed by atoms with Gasteiger partial charge in [0, 0.05) is 13.1 Å². The maximum absolute atomic E-state index is 12.0. The Labute approximate surface area is 132 Å². The lowest BCUT2D eigenvalue weighted by Gasteiger charge is -2.26. The number of rotatable bonds is 4. The van der Waals surface area contributed by atoms with Gasteiger partial charge in [-0.3, -0.25) is 4.79 Å². The number of carbonyl (C=O) groups excluding carboxylic acids is 2. The van der Waals surface area contributed by atoms with Crippen LogP contribution < -0.4 is 0 Å². The number of nitrogens with zero attached hydrogens (tertiary/aromatic N) is 4. The van der Waals surface area contributed by atoms with Crippen molar-refractivity contribution in [3.63, 3.8) is 0 Å². The van der Waals surface area contributed by atoms with Gasteiger partial charge in [0.05, 0.1) is 24.5 Å². The van der Waals surface area contributed by atoms with Crippen molar-refractivity contribution in [1.29, 1.82) is 0 Å². The van der Waals surface area contributed by atoms with E-state index in [1.54, 1.807) is 40.2 Å². The molecule has 0 saturated carbocycles. The number of ether oxygens (including phenoxy) is 2. The molecule has 120 valence electrons. The first-order chi connectivity index (χ1) is 11.2. The van der Waals surface area contributed by atoms with Crippen LogP contribution in [0.1, 0.15) is 10.4 Å². The van der Waals surface area contributed by atoms with Crippen molar-refractivity contribution < 1.29 is 19.1 Å². The molecule has 1 aromatic heterocycles. The van der Waals surface area contributed by atoms with E-state index >= 15 is 0 Å². The van der Waals surface area contributed by atoms with Crippen LogP contribution in [0, 0.1) is 0 Å². The Bertz CT molecular complexity index is 663. The van der Waals surface area contributed by atoms with E-state index in [0.717, 1.165) is 5.69 Å². The van der Waals surface area contributed by atoms with Crippen LogP contribution in [0.15, 0.2) is 36.9 Å². The summed E-state index contributed by atoms with van der Waals surface area (Å²) < 4.78 is 11.8. The zero-order valence-corrected chi connectivity index (χ0v) is 12.4. The largest absolute Gasteiger partial charge is 0.452 e. The van der Waals surface area contributed by atoms with E-state index in [2.05, 4.69) is 10.1 Å². The molecule has 0 unspecified atom stereocenters. The molecule has 0 aliphatic carbocycles. The van der Waals surface area contributed by atoms with Crippen molar-refractivity contribution in [3.8, 4) is 5.69 Å². The highest BCUT2D eigenvalue weighted by atomic mass is 16.5. The number of hydrogen-bond donors (Lipinski definition) is 0. The molecule has 3 rings (SSSR count). The first kappa shape index (κ1) is 15.2. The minimum atomic E-state index is -0.531. The molecule has 1 aliphatic rings. The highest BCUT2D eigenvalue weighted by Crippen LogP contribution is 2.09. The number of aromatic nitrogens is 3. The Morgan fingerprint density at radius 1 is 1.17 bits per heavy atom. The molecule has 0 atom stereocenters. The summed E-state index contributed by atoms with van der Waals surface area (Å²) in [5, 5.41) is 4.00. The van der Waals surface area contributed by atoms with Crippen LogP contribution in [0.4, 0.5) is 0 Å². The molecule has 1 saturated heterocycles. The molecule has 0 N–H and O–H groups in total. The summed E-state index contributed by atoms with van der Waals surface area (Å²) in [4.78, 5) is 29.4. The van der Waals surface area contributed by atoms with Gasteiger partial charge in [0.1, 0.15) is 12.7 Å². The topological polar surface area (TPSA) is 86.5 Å². The molecular weight excluding hydrogens is 300 g/mol. The van der Waals surface area contributed by atoms with Crippen LogP contribution in [-0.2, 0) is 14.3 Å². The molecule has 2 aromatic rings. The first-order valence-electron chi connectivity index (χ1n) is 7.22. The second-order valence-corrected chi connectivity index (χ2v) is 4.96. The molecule has 2 heterocycles. The van der Waals surface area contributed by atoms with E-state index in [9.17, 15) is 9.59 Å². The predicted molar refractivity (Wildman–Crippen MR) is 79.0 cm³/mol. The lowest BCUT2D eigenvalue weighted by molar-refractivity contribution is -0.138. The molecule has 0 radical (unpaired) electrons. The smallest absolute Gasteiger partial charge is 0.338 e. The highest BCUT2D eigenvalue weighted by molar-refractivity contribution is 5.91. The number of carbonyl (C=O) groups is 2. The molecule has 1 amide bonds. The average Bonchev–Trinajstić information content (AvgIpc) is 3.15. The Morgan fingerprint density at radius 3 is 2.57 bits per heavy atom. The summed E-state index contributed by atoms with van der Waals surface area (Å²) in [7, 11) is 0. The van der Waals surface area contributed by atoms with Crippen LogP contribution in [0.2, 0.25) is 0 Å². The summed E-state index contributed by atoms with van der Waals surface area (Å²) in [5.74, 6) is -0.738. The van der Waals surface area contributed by atoms with E-state index in [1.807, 2.05) is 0 Å². The van der Waals surface area contributed by atoms with Crippen molar-refractivity contribution in [1.82, 2.24) is 19.7 Å². The molecule has 8 heteroatoms. The molecular formula is C15H16N4O4. The fourth-order valence-electron chi connectivity index (χ4n) is 2.21. The van der Waals surface area contributed by atoms with Gasteiger partial charge < -0.3 is 14.4 Å². The van der Waals surface area contributed by atoms with Gasteiger partial charge >= 0.3 is 5.97 Å². The Hall–Kier alpha value is -2.74. The van der Waals surface area contributed by atoms with Crippen LogP contribution in [0.5, 0.6) is 0 Å². The van der Waals surface area contributed by atoms with Gasteiger partial charge in [0.15, 0.2) is 6.61 Å². The molecule has 23 heavy (non-hydrogen) atoms. The van der Waals surface area contributed by atoms with Crippen LogP contribution in [0.3, 0.4) is 0 Å². The maximum atomic E-state index is 12.0. The summed E-state index contributed by atoms with van der Waals surface area (Å²) in [6, 6.07) is 6.71. The van der Waals surface area contributed by atoms with Gasteiger partial charge in [-0.05, 0) is 24.3 Å². The Kier molecular flexibility index (Phi) is 4.62. The Balaban J connectivity index is 1.54. The van der Waals surface area contributed by atoms with E-state index in [4.69, 9.17) is 9.47 Å². The lowest BCUT2D eigenvalue weighted by atomic mass is 10.2. The van der Waals surface area contributed by atoms with Crippen LogP contribution in [0.25, 0.3) is 5.69 Å². The zero-order chi connectivity index (χ0) is 16.1. The second-order valence-electron chi connectivity index (χ2n) is 4.96. The maximum Gasteiger partial charge on any atom is 0.338 e. The minimum Gasteiger partial charge on any atom is -0.452 e. The third-order valence-corrected chi connectivity index (χ3v) is 3.48. The first-order valence-corrected chi connectivity index (χ1v) is 7.22. The standard InChI is InChI=1S/C15H16N4O4/c20-14(18-5-7-22-8-6-18)9-23-15(21)12-1-3-13(4-2-12)19-11-16-10-17-19/h1-4,10-11H,5-9H2. The third kappa shape index (κ3) is 3.72. The van der Waals surface area contributed by atoms with E-state index in [1.165, 1.54) is 6.33 Å². The second kappa shape index (κ2) is 7.01. The van der Waals surface area contributed by atoms with Crippen LogP contribution in [-0.4, -0.2) is 64.5 Å². The van der Waals surface area contributed by atoms with Gasteiger partial charge in [-0.1, -0.05) is 0 Å². The van der Waals surface area contributed by atoms with Crippen molar-refractivity contribution in [3.05, 3.63) is 42.5 Å². The molecule has 0 bridgehead atoms. The molecule has 0 spiro atoms. The average molecular weight is 316 g/mol. The van der Waals surface area contributed by atoms with E-state index in [-0.39, 0.29) is 12.5 Å². The number of esters is 1. The normalized spacial score (nSPS) is 14.5. The van der Waals surface area contributed by atoms with E-state index < -0.39 is 5.97 Å². The quantitative estimate of drug-likeness (QED) is 0.753. The highest BCUT2D eigenvalue weighted by Gasteiger charge is 2.18. The lowest BCUT2D eigenvalue weighted by Crippen LogP contribution is -2.42. The van der Waals surface area contributed by atoms with Gasteiger partial charge in [0.25, 0.3) is 5.91 Å². The number of amides is 1. The summed E-state index contributed by atoms with van der Waals surface area (Å²) in [5.41, 5.74) is 1.16. The van der Waals surface area contributed by atoms with Gasteiger partial charge in [-0.2, -0.15) is 5.10 Å². The number of morpholine rings is 1. The van der Waals surface area contributed by atoms with Crippen molar-refractivity contribution in [2.45, 2.75) is 0 Å². The summed E-state index contributed by atoms with van der Waals surface area (Å²) in [6.45, 7) is 1.84. The SMILES string of the molecule is O=C(OCC(=O)N1CCOCC1)c1ccc(-n2cncn2)cc1. The molecule has 8 nitrogen and oxygen atoms in total. The molecule has 1 aliphatic heterocycles. The van der Waals surface area contributed by atoms with Crippen molar-refractivity contribution in [2.24, 2.45) is 0 Å². The monoisotopic (exact) mass is 316 g/mol. The zero-order valence-electron chi connectivity index (χ0n) is 12.4. The van der Waals surface area contributed by atoms with Gasteiger partial charge in [0.2, 0.25) is 0 Å². The Morgan fingerprint density at radius 2 is 1.91 bits per heavy atom. The predicted octanol–water partition coefficient (Wildman–Crippen LogP) is 0.283. The molecule has 1 aromatic carbocycles. The summed E-state index contributed by atoms with van der Waals surface area (Å²) in [6.07, 6.45) is 2.99. The fraction of sp³-hybridized carbons (Fsp3) is 0.333. The van der Waals surface area contributed by atoms with E-state index in [0.29, 0.717) is 31.9 Å².